The second-order valence-corrected chi connectivity index (χ2v) is 6.17. The van der Waals surface area contributed by atoms with Gasteiger partial charge in [-0.05, 0) is 31.9 Å². The molecular weight excluding hydrogens is 252 g/mol. The molecule has 1 atom stereocenters. The third-order valence-electron chi connectivity index (χ3n) is 2.74. The van der Waals surface area contributed by atoms with E-state index in [0.717, 1.165) is 0 Å². The Balaban J connectivity index is 2.00. The van der Waals surface area contributed by atoms with Gasteiger partial charge in [-0.2, -0.15) is 0 Å². The average molecular weight is 270 g/mol. The predicted octanol–water partition coefficient (Wildman–Crippen LogP) is 1.38. The van der Waals surface area contributed by atoms with Crippen LogP contribution in [0.1, 0.15) is 25.5 Å². The summed E-state index contributed by atoms with van der Waals surface area (Å²) in [4.78, 5) is 0. The van der Waals surface area contributed by atoms with Gasteiger partial charge >= 0.3 is 0 Å². The lowest BCUT2D eigenvalue weighted by Gasteiger charge is -2.07. The van der Waals surface area contributed by atoms with E-state index in [4.69, 9.17) is 4.42 Å². The molecule has 1 aliphatic carbocycles. The van der Waals surface area contributed by atoms with Gasteiger partial charge in [-0.15, -0.1) is 6.58 Å². The Morgan fingerprint density at radius 3 is 2.89 bits per heavy atom. The second kappa shape index (κ2) is 5.26. The van der Waals surface area contributed by atoms with Gasteiger partial charge < -0.3 is 9.73 Å². The van der Waals surface area contributed by atoms with Crippen molar-refractivity contribution >= 4 is 10.0 Å². The Hall–Kier alpha value is -1.11. The maximum atomic E-state index is 11.9. The van der Waals surface area contributed by atoms with Crippen molar-refractivity contribution in [3.8, 4) is 0 Å². The van der Waals surface area contributed by atoms with Crippen LogP contribution < -0.4 is 10.0 Å². The van der Waals surface area contributed by atoms with Crippen LogP contribution in [0.4, 0.5) is 0 Å². The summed E-state index contributed by atoms with van der Waals surface area (Å²) in [6.07, 6.45) is 3.89. The standard InChI is InChI=1S/C12H18N2O3S/c1-3-9(2)14-18(15,16)12-7-6-11(17-12)8-13-10-4-5-10/h3,6-7,9-10,13-14H,1,4-5,8H2,2H3. The first-order valence-electron chi connectivity index (χ1n) is 5.98. The van der Waals surface area contributed by atoms with Crippen LogP contribution in [0.25, 0.3) is 0 Å². The first-order chi connectivity index (χ1) is 8.51. The smallest absolute Gasteiger partial charge is 0.274 e. The summed E-state index contributed by atoms with van der Waals surface area (Å²) in [5.41, 5.74) is 0. The minimum absolute atomic E-state index is 0.0520. The van der Waals surface area contributed by atoms with E-state index in [1.807, 2.05) is 0 Å². The van der Waals surface area contributed by atoms with E-state index < -0.39 is 10.0 Å². The Kier molecular flexibility index (Phi) is 3.89. The van der Waals surface area contributed by atoms with Crippen LogP contribution in [0.2, 0.25) is 0 Å². The fraction of sp³-hybridized carbons (Fsp3) is 0.500. The van der Waals surface area contributed by atoms with E-state index in [0.29, 0.717) is 18.3 Å². The molecule has 18 heavy (non-hydrogen) atoms. The molecule has 1 aromatic heterocycles. The largest absolute Gasteiger partial charge is 0.447 e. The molecule has 1 unspecified atom stereocenters. The van der Waals surface area contributed by atoms with Crippen molar-refractivity contribution in [2.75, 3.05) is 0 Å². The molecule has 6 heteroatoms. The van der Waals surface area contributed by atoms with Crippen LogP contribution in [-0.4, -0.2) is 20.5 Å². The molecule has 1 aromatic rings. The number of furan rings is 1. The van der Waals surface area contributed by atoms with Crippen LogP contribution >= 0.6 is 0 Å². The van der Waals surface area contributed by atoms with E-state index in [2.05, 4.69) is 16.6 Å². The molecule has 2 N–H and O–H groups in total. The summed E-state index contributed by atoms with van der Waals surface area (Å²) in [5, 5.41) is 3.21. The summed E-state index contributed by atoms with van der Waals surface area (Å²) in [7, 11) is -3.59. The zero-order valence-corrected chi connectivity index (χ0v) is 11.2. The monoisotopic (exact) mass is 270 g/mol. The first kappa shape index (κ1) is 13.3. The van der Waals surface area contributed by atoms with E-state index in [1.165, 1.54) is 25.0 Å². The van der Waals surface area contributed by atoms with Gasteiger partial charge in [0.15, 0.2) is 0 Å². The number of nitrogens with one attached hydrogen (secondary N) is 2. The van der Waals surface area contributed by atoms with Crippen LogP contribution in [0.3, 0.4) is 0 Å². The Morgan fingerprint density at radius 2 is 2.28 bits per heavy atom. The van der Waals surface area contributed by atoms with Crippen LogP contribution in [0, 0.1) is 0 Å². The maximum Gasteiger partial charge on any atom is 0.274 e. The number of hydrogen-bond acceptors (Lipinski definition) is 4. The lowest BCUT2D eigenvalue weighted by atomic mass is 10.4. The van der Waals surface area contributed by atoms with Crippen molar-refractivity contribution in [2.45, 2.75) is 43.5 Å². The third kappa shape index (κ3) is 3.44. The minimum Gasteiger partial charge on any atom is -0.447 e. The highest BCUT2D eigenvalue weighted by Crippen LogP contribution is 2.20. The van der Waals surface area contributed by atoms with Gasteiger partial charge in [-0.25, -0.2) is 13.1 Å². The van der Waals surface area contributed by atoms with Crippen molar-refractivity contribution in [3.05, 3.63) is 30.5 Å². The highest BCUT2D eigenvalue weighted by Gasteiger charge is 2.22. The lowest BCUT2D eigenvalue weighted by molar-refractivity contribution is 0.398. The summed E-state index contributed by atoms with van der Waals surface area (Å²) in [5.74, 6) is 0.633. The van der Waals surface area contributed by atoms with Gasteiger partial charge in [-0.1, -0.05) is 6.08 Å². The number of rotatable bonds is 7. The van der Waals surface area contributed by atoms with E-state index in [1.54, 1.807) is 13.0 Å². The van der Waals surface area contributed by atoms with E-state index in [-0.39, 0.29) is 11.1 Å². The van der Waals surface area contributed by atoms with Crippen molar-refractivity contribution in [3.63, 3.8) is 0 Å². The molecule has 0 bridgehead atoms. The molecule has 0 spiro atoms. The minimum atomic E-state index is -3.59. The van der Waals surface area contributed by atoms with Crippen LogP contribution in [0.15, 0.2) is 34.3 Å². The van der Waals surface area contributed by atoms with Gasteiger partial charge in [0.1, 0.15) is 5.76 Å². The summed E-state index contributed by atoms with van der Waals surface area (Å²) in [6.45, 7) is 5.81. The third-order valence-corrected chi connectivity index (χ3v) is 4.17. The van der Waals surface area contributed by atoms with Crippen molar-refractivity contribution < 1.29 is 12.8 Å². The lowest BCUT2D eigenvalue weighted by Crippen LogP contribution is -2.30. The number of hydrogen-bond donors (Lipinski definition) is 2. The molecule has 100 valence electrons. The van der Waals surface area contributed by atoms with Crippen molar-refractivity contribution in [2.24, 2.45) is 0 Å². The molecule has 0 aliphatic heterocycles. The van der Waals surface area contributed by atoms with Crippen molar-refractivity contribution in [1.82, 2.24) is 10.0 Å². The molecule has 0 amide bonds. The first-order valence-corrected chi connectivity index (χ1v) is 7.46. The summed E-state index contributed by atoms with van der Waals surface area (Å²) >= 11 is 0. The molecule has 1 saturated carbocycles. The van der Waals surface area contributed by atoms with Crippen LogP contribution in [0.5, 0.6) is 0 Å². The quantitative estimate of drug-likeness (QED) is 0.734. The Labute approximate surface area is 107 Å². The topological polar surface area (TPSA) is 71.3 Å². The van der Waals surface area contributed by atoms with Crippen LogP contribution in [-0.2, 0) is 16.6 Å². The molecule has 1 fully saturated rings. The molecular formula is C12H18N2O3S. The molecule has 0 radical (unpaired) electrons. The van der Waals surface area contributed by atoms with Gasteiger partial charge in [0.25, 0.3) is 10.0 Å². The highest BCUT2D eigenvalue weighted by molar-refractivity contribution is 7.89. The number of sulfonamides is 1. The van der Waals surface area contributed by atoms with E-state index in [9.17, 15) is 8.42 Å². The van der Waals surface area contributed by atoms with Gasteiger partial charge in [0.05, 0.1) is 6.54 Å². The zero-order valence-electron chi connectivity index (χ0n) is 10.3. The SMILES string of the molecule is C=CC(C)NS(=O)(=O)c1ccc(CNC2CC2)o1. The summed E-state index contributed by atoms with van der Waals surface area (Å²) in [6, 6.07) is 3.40. The average Bonchev–Trinajstić information content (AvgIpc) is 3.02. The normalized spacial score (nSPS) is 17.6. The Bertz CT molecular complexity index is 517. The molecule has 0 saturated heterocycles. The highest BCUT2D eigenvalue weighted by atomic mass is 32.2. The van der Waals surface area contributed by atoms with Gasteiger partial charge in [0.2, 0.25) is 5.09 Å². The summed E-state index contributed by atoms with van der Waals surface area (Å²) < 4.78 is 31.6. The molecule has 1 heterocycles. The fourth-order valence-corrected chi connectivity index (χ4v) is 2.65. The molecule has 5 nitrogen and oxygen atoms in total. The van der Waals surface area contributed by atoms with Gasteiger partial charge in [-0.3, -0.25) is 0 Å². The maximum absolute atomic E-state index is 11.9. The molecule has 0 aromatic carbocycles. The fourth-order valence-electron chi connectivity index (χ4n) is 1.48. The molecule has 2 rings (SSSR count). The van der Waals surface area contributed by atoms with E-state index >= 15 is 0 Å². The predicted molar refractivity (Wildman–Crippen MR) is 68.6 cm³/mol. The van der Waals surface area contributed by atoms with Gasteiger partial charge in [0, 0.05) is 12.1 Å². The van der Waals surface area contributed by atoms with Crippen molar-refractivity contribution in [1.29, 1.82) is 0 Å². The Morgan fingerprint density at radius 1 is 1.56 bits per heavy atom. The molecule has 1 aliphatic rings. The zero-order chi connectivity index (χ0) is 13.2. The second-order valence-electron chi connectivity index (χ2n) is 4.52.